The number of thiophene rings is 1. The van der Waals surface area contributed by atoms with Gasteiger partial charge in [0.1, 0.15) is 32.9 Å². The van der Waals surface area contributed by atoms with Crippen molar-refractivity contribution >= 4 is 39.0 Å². The maximum Gasteiger partial charge on any atom is 0.263 e. The highest BCUT2D eigenvalue weighted by Crippen LogP contribution is 2.42. The molecule has 1 atom stereocenters. The number of nitrogen functional groups attached to an aromatic ring is 2. The van der Waals surface area contributed by atoms with Crippen LogP contribution in [0.2, 0.25) is 0 Å². The molecule has 0 radical (unpaired) electrons. The zero-order chi connectivity index (χ0) is 18.1. The number of nitriles is 1. The number of carbonyl (C=O) groups is 1. The molecular weight excluding hydrogens is 338 g/mol. The van der Waals surface area contributed by atoms with Crippen molar-refractivity contribution in [3.8, 4) is 17.4 Å². The molecule has 7 nitrogen and oxygen atoms in total. The van der Waals surface area contributed by atoms with Crippen LogP contribution in [0.5, 0.6) is 0 Å². The summed E-state index contributed by atoms with van der Waals surface area (Å²) in [6.07, 6.45) is 2.30. The van der Waals surface area contributed by atoms with Crippen LogP contribution in [-0.4, -0.2) is 16.9 Å². The number of rotatable bonds is 4. The smallest absolute Gasteiger partial charge is 0.263 e. The van der Waals surface area contributed by atoms with Crippen molar-refractivity contribution in [1.82, 2.24) is 10.3 Å². The second-order valence-electron chi connectivity index (χ2n) is 5.64. The Labute approximate surface area is 148 Å². The molecule has 0 aliphatic carbocycles. The maximum atomic E-state index is 12.5. The highest BCUT2D eigenvalue weighted by atomic mass is 32.1. The lowest BCUT2D eigenvalue weighted by molar-refractivity contribution is 0.0944. The van der Waals surface area contributed by atoms with Crippen LogP contribution >= 0.6 is 11.3 Å². The van der Waals surface area contributed by atoms with E-state index in [1.807, 2.05) is 13.8 Å². The molecule has 1 unspecified atom stereocenters. The molecule has 128 valence electrons. The van der Waals surface area contributed by atoms with Crippen LogP contribution in [0.3, 0.4) is 0 Å². The summed E-state index contributed by atoms with van der Waals surface area (Å²) in [7, 11) is 0. The Hall–Kier alpha value is -3.05. The molecule has 0 bridgehead atoms. The Bertz CT molecular complexity index is 985. The van der Waals surface area contributed by atoms with Crippen LogP contribution in [0.25, 0.3) is 21.5 Å². The summed E-state index contributed by atoms with van der Waals surface area (Å²) >= 11 is 1.15. The summed E-state index contributed by atoms with van der Waals surface area (Å²) in [5.41, 5.74) is 13.1. The Balaban J connectivity index is 2.27. The highest BCUT2D eigenvalue weighted by Gasteiger charge is 2.25. The van der Waals surface area contributed by atoms with Gasteiger partial charge in [-0.3, -0.25) is 4.79 Å². The first-order chi connectivity index (χ1) is 12.0. The van der Waals surface area contributed by atoms with Gasteiger partial charge in [0.15, 0.2) is 0 Å². The first-order valence-electron chi connectivity index (χ1n) is 7.74. The maximum absolute atomic E-state index is 12.5. The van der Waals surface area contributed by atoms with E-state index in [9.17, 15) is 10.1 Å². The number of anilines is 2. The van der Waals surface area contributed by atoms with Gasteiger partial charge in [0.2, 0.25) is 0 Å². The van der Waals surface area contributed by atoms with Crippen molar-refractivity contribution in [2.75, 3.05) is 11.5 Å². The minimum Gasteiger partial charge on any atom is -0.464 e. The van der Waals surface area contributed by atoms with Gasteiger partial charge in [0, 0.05) is 11.4 Å². The Morgan fingerprint density at radius 2 is 2.28 bits per heavy atom. The van der Waals surface area contributed by atoms with E-state index in [1.54, 1.807) is 12.1 Å². The first kappa shape index (κ1) is 16.8. The van der Waals surface area contributed by atoms with E-state index in [2.05, 4.69) is 16.4 Å². The molecule has 0 spiro atoms. The van der Waals surface area contributed by atoms with Crippen molar-refractivity contribution in [2.24, 2.45) is 0 Å². The van der Waals surface area contributed by atoms with Crippen LogP contribution in [0.4, 0.5) is 11.5 Å². The number of nitrogens with zero attached hydrogens (tertiary/aromatic N) is 2. The van der Waals surface area contributed by atoms with Gasteiger partial charge in [0.25, 0.3) is 5.91 Å². The zero-order valence-electron chi connectivity index (χ0n) is 13.8. The number of pyridine rings is 1. The van der Waals surface area contributed by atoms with Crippen LogP contribution in [0, 0.1) is 11.3 Å². The number of furan rings is 1. The van der Waals surface area contributed by atoms with Crippen molar-refractivity contribution in [3.63, 3.8) is 0 Å². The van der Waals surface area contributed by atoms with Crippen LogP contribution in [-0.2, 0) is 0 Å². The quantitative estimate of drug-likeness (QED) is 0.659. The topological polar surface area (TPSA) is 131 Å². The van der Waals surface area contributed by atoms with Gasteiger partial charge in [-0.1, -0.05) is 6.92 Å². The second-order valence-corrected chi connectivity index (χ2v) is 6.64. The van der Waals surface area contributed by atoms with E-state index in [0.29, 0.717) is 26.4 Å². The molecule has 0 fully saturated rings. The van der Waals surface area contributed by atoms with Crippen molar-refractivity contribution < 1.29 is 9.21 Å². The Morgan fingerprint density at radius 1 is 1.52 bits per heavy atom. The fourth-order valence-electron chi connectivity index (χ4n) is 2.51. The van der Waals surface area contributed by atoms with Crippen molar-refractivity contribution in [2.45, 2.75) is 26.3 Å². The Kier molecular flexibility index (Phi) is 4.33. The molecule has 3 heterocycles. The van der Waals surface area contributed by atoms with Crippen LogP contribution < -0.4 is 16.8 Å². The summed E-state index contributed by atoms with van der Waals surface area (Å²) in [6, 6.07) is 5.49. The molecule has 0 aromatic carbocycles. The third-order valence-electron chi connectivity index (χ3n) is 3.98. The monoisotopic (exact) mass is 355 g/mol. The van der Waals surface area contributed by atoms with Gasteiger partial charge in [-0.2, -0.15) is 5.26 Å². The number of fused-ring (bicyclic) bond motifs is 1. The number of hydrogen-bond acceptors (Lipinski definition) is 7. The van der Waals surface area contributed by atoms with E-state index in [0.717, 1.165) is 17.8 Å². The largest absolute Gasteiger partial charge is 0.464 e. The van der Waals surface area contributed by atoms with E-state index < -0.39 is 0 Å². The second kappa shape index (κ2) is 6.45. The lowest BCUT2D eigenvalue weighted by atomic mass is 10.0. The average Bonchev–Trinajstić information content (AvgIpc) is 3.22. The third-order valence-corrected chi connectivity index (χ3v) is 5.08. The molecule has 8 heteroatoms. The molecule has 3 aromatic rings. The zero-order valence-corrected chi connectivity index (χ0v) is 14.6. The summed E-state index contributed by atoms with van der Waals surface area (Å²) in [4.78, 5) is 17.6. The van der Waals surface area contributed by atoms with E-state index in [-0.39, 0.29) is 29.0 Å². The SMILES string of the molecule is CCC(C)NC(=O)c1sc2nc(N)c(C#N)c(-c3ccco3)c2c1N. The van der Waals surface area contributed by atoms with Gasteiger partial charge in [-0.25, -0.2) is 4.98 Å². The first-order valence-corrected chi connectivity index (χ1v) is 8.55. The lowest BCUT2D eigenvalue weighted by Gasteiger charge is -2.10. The molecular formula is C17H17N5O2S. The standard InChI is InChI=1S/C17H17N5O2S/c1-3-8(2)21-16(23)14-13(19)12-11(10-5-4-6-24-10)9(7-18)15(20)22-17(12)25-14/h4-6,8H,3,19H2,1-2H3,(H2,20,22)(H,21,23). The van der Waals surface area contributed by atoms with Gasteiger partial charge >= 0.3 is 0 Å². The third kappa shape index (κ3) is 2.79. The molecule has 3 rings (SSSR count). The predicted octanol–water partition coefficient (Wildman–Crippen LogP) is 3.12. The number of carbonyl (C=O) groups excluding carboxylic acids is 1. The van der Waals surface area contributed by atoms with E-state index >= 15 is 0 Å². The van der Waals surface area contributed by atoms with Gasteiger partial charge in [-0.15, -0.1) is 11.3 Å². The fourth-order valence-corrected chi connectivity index (χ4v) is 3.53. The molecule has 25 heavy (non-hydrogen) atoms. The fraction of sp³-hybridized carbons (Fsp3) is 0.235. The molecule has 0 aliphatic rings. The van der Waals surface area contributed by atoms with Gasteiger partial charge in [0.05, 0.1) is 17.5 Å². The molecule has 5 N–H and O–H groups in total. The number of nitrogens with one attached hydrogen (secondary N) is 1. The molecule has 3 aromatic heterocycles. The summed E-state index contributed by atoms with van der Waals surface area (Å²) in [6.45, 7) is 3.90. The van der Waals surface area contributed by atoms with Crippen LogP contribution in [0.15, 0.2) is 22.8 Å². The lowest BCUT2D eigenvalue weighted by Crippen LogP contribution is -2.31. The number of amides is 1. The molecule has 0 saturated heterocycles. The predicted molar refractivity (Wildman–Crippen MR) is 98.1 cm³/mol. The van der Waals surface area contributed by atoms with Crippen molar-refractivity contribution in [3.05, 3.63) is 28.8 Å². The average molecular weight is 355 g/mol. The number of hydrogen-bond donors (Lipinski definition) is 3. The molecule has 0 saturated carbocycles. The summed E-state index contributed by atoms with van der Waals surface area (Å²) in [5.74, 6) is 0.267. The minimum absolute atomic E-state index is 0.0226. The molecule has 0 aliphatic heterocycles. The highest BCUT2D eigenvalue weighted by molar-refractivity contribution is 7.21. The Morgan fingerprint density at radius 3 is 2.88 bits per heavy atom. The summed E-state index contributed by atoms with van der Waals surface area (Å²) in [5, 5.41) is 12.9. The number of nitrogens with two attached hydrogens (primary N) is 2. The van der Waals surface area contributed by atoms with Crippen molar-refractivity contribution in [1.29, 1.82) is 5.26 Å². The van der Waals surface area contributed by atoms with Crippen LogP contribution in [0.1, 0.15) is 35.5 Å². The molecule has 1 amide bonds. The minimum atomic E-state index is -0.266. The van der Waals surface area contributed by atoms with Gasteiger partial charge < -0.3 is 21.2 Å². The van der Waals surface area contributed by atoms with E-state index in [4.69, 9.17) is 15.9 Å². The number of aromatic nitrogens is 1. The summed E-state index contributed by atoms with van der Waals surface area (Å²) < 4.78 is 5.45. The van der Waals surface area contributed by atoms with Gasteiger partial charge in [-0.05, 0) is 25.5 Å². The normalized spacial score (nSPS) is 12.0. The van der Waals surface area contributed by atoms with E-state index in [1.165, 1.54) is 6.26 Å².